The van der Waals surface area contributed by atoms with Gasteiger partial charge in [-0.25, -0.2) is 0 Å². The number of phenols is 1. The third kappa shape index (κ3) is 4.25. The van der Waals surface area contributed by atoms with Crippen LogP contribution in [0.2, 0.25) is 10.0 Å². The number of nitrogens with zero attached hydrogens (tertiary/aromatic N) is 1. The summed E-state index contributed by atoms with van der Waals surface area (Å²) < 4.78 is 5.33. The lowest BCUT2D eigenvalue weighted by Crippen LogP contribution is -1.93. The molecule has 2 rings (SSSR count). The zero-order valence-electron chi connectivity index (χ0n) is 11.1. The molecule has 0 spiro atoms. The first-order valence-corrected chi connectivity index (χ1v) is 6.91. The van der Waals surface area contributed by atoms with Gasteiger partial charge < -0.3 is 9.84 Å². The van der Waals surface area contributed by atoms with Crippen molar-refractivity contribution >= 4 is 35.1 Å². The fourth-order valence-corrected chi connectivity index (χ4v) is 1.88. The van der Waals surface area contributed by atoms with Crippen molar-refractivity contribution in [3.63, 3.8) is 0 Å². The Morgan fingerprint density at radius 1 is 1.14 bits per heavy atom. The lowest BCUT2D eigenvalue weighted by Gasteiger charge is -2.05. The predicted molar refractivity (Wildman–Crippen MR) is 87.5 cm³/mol. The van der Waals surface area contributed by atoms with Crippen LogP contribution >= 0.6 is 23.2 Å². The maximum absolute atomic E-state index is 9.92. The van der Waals surface area contributed by atoms with E-state index in [1.807, 2.05) is 0 Å². The van der Waals surface area contributed by atoms with Crippen molar-refractivity contribution in [3.05, 3.63) is 64.7 Å². The molecule has 0 aliphatic carbocycles. The minimum Gasteiger partial charge on any atom is -0.507 e. The first-order valence-electron chi connectivity index (χ1n) is 6.16. The van der Waals surface area contributed by atoms with Gasteiger partial charge in [-0.1, -0.05) is 35.9 Å². The van der Waals surface area contributed by atoms with Crippen molar-refractivity contribution < 1.29 is 9.84 Å². The number of phenolic OH excluding ortho intramolecular Hbond substituents is 1. The number of halogens is 2. The molecule has 0 bridgehead atoms. The average Bonchev–Trinajstić information content (AvgIpc) is 2.47. The van der Waals surface area contributed by atoms with Gasteiger partial charge in [0.25, 0.3) is 0 Å². The van der Waals surface area contributed by atoms with Gasteiger partial charge in [-0.3, -0.25) is 4.99 Å². The predicted octanol–water partition coefficient (Wildman–Crippen LogP) is 5.01. The summed E-state index contributed by atoms with van der Waals surface area (Å²) in [4.78, 5) is 4.25. The standard InChI is InChI=1S/C16H13Cl2NO2/c1-2-7-21-13-5-3-11(16(20)9-13)10-19-12-4-6-14(17)15(18)8-12/h2-6,8-10,20H,1,7H2. The van der Waals surface area contributed by atoms with E-state index in [1.54, 1.807) is 42.6 Å². The fourth-order valence-electron chi connectivity index (χ4n) is 1.59. The molecular formula is C16H13Cl2NO2. The topological polar surface area (TPSA) is 41.8 Å². The Balaban J connectivity index is 2.16. The first kappa shape index (κ1) is 15.4. The molecule has 0 saturated carbocycles. The SMILES string of the molecule is C=CCOc1ccc(C=Nc2ccc(Cl)c(Cl)c2)c(O)c1. The zero-order chi connectivity index (χ0) is 15.2. The van der Waals surface area contributed by atoms with Crippen molar-refractivity contribution in [2.24, 2.45) is 4.99 Å². The van der Waals surface area contributed by atoms with E-state index in [9.17, 15) is 5.11 Å². The molecule has 0 unspecified atom stereocenters. The quantitative estimate of drug-likeness (QED) is 0.621. The van der Waals surface area contributed by atoms with Crippen LogP contribution < -0.4 is 4.74 Å². The van der Waals surface area contributed by atoms with Crippen molar-refractivity contribution in [2.75, 3.05) is 6.61 Å². The molecule has 5 heteroatoms. The highest BCUT2D eigenvalue weighted by Crippen LogP contribution is 2.27. The highest BCUT2D eigenvalue weighted by Gasteiger charge is 2.02. The number of aliphatic imine (C=N–C) groups is 1. The van der Waals surface area contributed by atoms with Gasteiger partial charge in [-0.15, -0.1) is 0 Å². The average molecular weight is 322 g/mol. The van der Waals surface area contributed by atoms with E-state index < -0.39 is 0 Å². The van der Waals surface area contributed by atoms with Gasteiger partial charge in [0.2, 0.25) is 0 Å². The summed E-state index contributed by atoms with van der Waals surface area (Å²) >= 11 is 11.8. The zero-order valence-corrected chi connectivity index (χ0v) is 12.6. The highest BCUT2D eigenvalue weighted by molar-refractivity contribution is 6.42. The Bertz CT molecular complexity index is 684. The van der Waals surface area contributed by atoms with Gasteiger partial charge in [0.1, 0.15) is 18.1 Å². The Morgan fingerprint density at radius 3 is 2.62 bits per heavy atom. The molecule has 0 aliphatic rings. The minimum absolute atomic E-state index is 0.0837. The Kier molecular flexibility index (Phi) is 5.26. The molecule has 108 valence electrons. The molecule has 0 fully saturated rings. The van der Waals surface area contributed by atoms with Crippen LogP contribution in [-0.4, -0.2) is 17.9 Å². The van der Waals surface area contributed by atoms with Crippen LogP contribution in [0.15, 0.2) is 54.0 Å². The second-order valence-electron chi connectivity index (χ2n) is 4.18. The monoisotopic (exact) mass is 321 g/mol. The molecule has 0 aliphatic heterocycles. The van der Waals surface area contributed by atoms with E-state index in [0.717, 1.165) is 0 Å². The molecule has 0 radical (unpaired) electrons. The lowest BCUT2D eigenvalue weighted by molar-refractivity contribution is 0.360. The normalized spacial score (nSPS) is 10.8. The molecule has 2 aromatic rings. The molecule has 0 atom stereocenters. The second-order valence-corrected chi connectivity index (χ2v) is 4.99. The summed E-state index contributed by atoms with van der Waals surface area (Å²) in [6, 6.07) is 10.1. The van der Waals surface area contributed by atoms with Gasteiger partial charge in [-0.2, -0.15) is 0 Å². The molecule has 21 heavy (non-hydrogen) atoms. The second kappa shape index (κ2) is 7.16. The third-order valence-corrected chi connectivity index (χ3v) is 3.36. The van der Waals surface area contributed by atoms with Gasteiger partial charge in [0.05, 0.1) is 15.7 Å². The summed E-state index contributed by atoms with van der Waals surface area (Å²) in [6.45, 7) is 3.95. The molecule has 2 aromatic carbocycles. The molecule has 0 aromatic heterocycles. The Labute approximate surface area is 133 Å². The van der Waals surface area contributed by atoms with Gasteiger partial charge in [-0.05, 0) is 30.3 Å². The van der Waals surface area contributed by atoms with Crippen LogP contribution in [0.4, 0.5) is 5.69 Å². The van der Waals surface area contributed by atoms with Crippen molar-refractivity contribution in [3.8, 4) is 11.5 Å². The first-order chi connectivity index (χ1) is 10.1. The number of aromatic hydroxyl groups is 1. The summed E-state index contributed by atoms with van der Waals surface area (Å²) in [5, 5.41) is 10.8. The van der Waals surface area contributed by atoms with Crippen LogP contribution in [0.5, 0.6) is 11.5 Å². The van der Waals surface area contributed by atoms with E-state index in [2.05, 4.69) is 11.6 Å². The molecule has 0 heterocycles. The molecule has 1 N–H and O–H groups in total. The van der Waals surface area contributed by atoms with Gasteiger partial charge in [0.15, 0.2) is 0 Å². The summed E-state index contributed by atoms with van der Waals surface area (Å²) in [6.07, 6.45) is 3.18. The minimum atomic E-state index is 0.0837. The number of rotatable bonds is 5. The van der Waals surface area contributed by atoms with E-state index >= 15 is 0 Å². The number of hydrogen-bond donors (Lipinski definition) is 1. The number of benzene rings is 2. The van der Waals surface area contributed by atoms with Gasteiger partial charge >= 0.3 is 0 Å². The third-order valence-electron chi connectivity index (χ3n) is 2.63. The fraction of sp³-hybridized carbons (Fsp3) is 0.0625. The van der Waals surface area contributed by atoms with Crippen molar-refractivity contribution in [2.45, 2.75) is 0 Å². The number of hydrogen-bond acceptors (Lipinski definition) is 3. The van der Waals surface area contributed by atoms with Crippen LogP contribution in [0.25, 0.3) is 0 Å². The van der Waals surface area contributed by atoms with Crippen molar-refractivity contribution in [1.29, 1.82) is 0 Å². The molecule has 3 nitrogen and oxygen atoms in total. The van der Waals surface area contributed by atoms with E-state index in [-0.39, 0.29) is 5.75 Å². The summed E-state index contributed by atoms with van der Waals surface area (Å²) in [5.41, 5.74) is 1.22. The lowest BCUT2D eigenvalue weighted by atomic mass is 10.2. The maximum Gasteiger partial charge on any atom is 0.128 e. The molecule has 0 amide bonds. The van der Waals surface area contributed by atoms with Crippen LogP contribution in [-0.2, 0) is 0 Å². The number of ether oxygens (including phenoxy) is 1. The van der Waals surface area contributed by atoms with Gasteiger partial charge in [0, 0.05) is 17.8 Å². The van der Waals surface area contributed by atoms with E-state index in [1.165, 1.54) is 6.07 Å². The van der Waals surface area contributed by atoms with Crippen LogP contribution in [0, 0.1) is 0 Å². The highest BCUT2D eigenvalue weighted by atomic mass is 35.5. The van der Waals surface area contributed by atoms with Crippen LogP contribution in [0.3, 0.4) is 0 Å². The molecular weight excluding hydrogens is 309 g/mol. The Morgan fingerprint density at radius 2 is 1.95 bits per heavy atom. The molecule has 0 saturated heterocycles. The summed E-state index contributed by atoms with van der Waals surface area (Å²) in [7, 11) is 0. The van der Waals surface area contributed by atoms with Crippen LogP contribution in [0.1, 0.15) is 5.56 Å². The smallest absolute Gasteiger partial charge is 0.128 e. The maximum atomic E-state index is 9.92. The largest absolute Gasteiger partial charge is 0.507 e. The van der Waals surface area contributed by atoms with Crippen molar-refractivity contribution in [1.82, 2.24) is 0 Å². The van der Waals surface area contributed by atoms with E-state index in [0.29, 0.717) is 33.7 Å². The van der Waals surface area contributed by atoms with E-state index in [4.69, 9.17) is 27.9 Å². The Hall–Kier alpha value is -1.97. The summed E-state index contributed by atoms with van der Waals surface area (Å²) in [5.74, 6) is 0.652.